The van der Waals surface area contributed by atoms with Gasteiger partial charge in [0, 0.05) is 0 Å². The summed E-state index contributed by atoms with van der Waals surface area (Å²) in [6.45, 7) is 42.9. The van der Waals surface area contributed by atoms with Crippen molar-refractivity contribution >= 4 is 0 Å². The lowest BCUT2D eigenvalue weighted by molar-refractivity contribution is 0.146. The van der Waals surface area contributed by atoms with Crippen LogP contribution in [0.3, 0.4) is 0 Å². The number of hydrogen-bond acceptors (Lipinski definition) is 0. The molecule has 304 valence electrons. The molecule has 0 aromatic rings. The average molecular weight is 729 g/mol. The van der Waals surface area contributed by atoms with E-state index in [4.69, 9.17) is 0 Å². The second-order valence-electron chi connectivity index (χ2n) is 24.6. The quantitative estimate of drug-likeness (QED) is 0.255. The molecule has 8 rings (SSSR count). The monoisotopic (exact) mass is 729 g/mol. The third kappa shape index (κ3) is 5.78. The summed E-state index contributed by atoms with van der Waals surface area (Å²) in [6.07, 6.45) is 10.8. The lowest BCUT2D eigenvalue weighted by Crippen LogP contribution is -2.28. The van der Waals surface area contributed by atoms with Gasteiger partial charge in [-0.15, -0.1) is 0 Å². The largest absolute Gasteiger partial charge is 0.0651 e. The van der Waals surface area contributed by atoms with Crippen molar-refractivity contribution in [3.05, 3.63) is 0 Å². The van der Waals surface area contributed by atoms with Crippen LogP contribution in [0.1, 0.15) is 156 Å². The van der Waals surface area contributed by atoms with Crippen LogP contribution in [0.25, 0.3) is 0 Å². The average Bonchev–Trinajstić information content (AvgIpc) is 4.00. The van der Waals surface area contributed by atoms with E-state index in [1.54, 1.807) is 25.7 Å². The Hall–Kier alpha value is 0. The molecule has 0 aromatic carbocycles. The van der Waals surface area contributed by atoms with Gasteiger partial charge in [-0.05, 0) is 216 Å². The van der Waals surface area contributed by atoms with Crippen LogP contribution in [0, 0.1) is 178 Å². The van der Waals surface area contributed by atoms with Crippen LogP contribution in [0.15, 0.2) is 0 Å². The van der Waals surface area contributed by atoms with Crippen LogP contribution in [0.4, 0.5) is 0 Å². The molecule has 8 aliphatic rings. The summed E-state index contributed by atoms with van der Waals surface area (Å²) in [6, 6.07) is 0. The molecule has 0 amide bonds. The van der Waals surface area contributed by atoms with Crippen molar-refractivity contribution in [2.45, 2.75) is 156 Å². The zero-order chi connectivity index (χ0) is 38.3. The van der Waals surface area contributed by atoms with Gasteiger partial charge >= 0.3 is 0 Å². The van der Waals surface area contributed by atoms with Crippen LogP contribution < -0.4 is 0 Å². The number of fused-ring (bicyclic) bond motifs is 2. The molecule has 0 bridgehead atoms. The van der Waals surface area contributed by atoms with Crippen molar-refractivity contribution in [2.24, 2.45) is 178 Å². The normalized spacial score (nSPS) is 65.0. The van der Waals surface area contributed by atoms with Crippen LogP contribution in [0.2, 0.25) is 0 Å². The Morgan fingerprint density at radius 2 is 0.509 bits per heavy atom. The standard InChI is InChI=1S/C53H92/c1-17-39-35(13)38(16)52-47(41-19-25(3)27(5)30(41)8)23-49(53(39)52)45-21-43(32(10)34(45)12)42-20-44(33(11)31(42)9)48-22-46(40-18-24(2)26(4)29(40)7)50-36(14)28(6)37(15)51(48)50/h24-53H,17-23H2,1-16H3. The summed E-state index contributed by atoms with van der Waals surface area (Å²) in [7, 11) is 0. The molecule has 30 unspecified atom stereocenters. The highest BCUT2D eigenvalue weighted by Crippen LogP contribution is 2.70. The summed E-state index contributed by atoms with van der Waals surface area (Å²) in [5, 5.41) is 0. The number of hydrogen-bond donors (Lipinski definition) is 0. The van der Waals surface area contributed by atoms with E-state index >= 15 is 0 Å². The molecule has 8 fully saturated rings. The Balaban J connectivity index is 1.04. The molecule has 8 saturated carbocycles. The first-order valence-corrected chi connectivity index (χ1v) is 25.0. The molecule has 0 spiro atoms. The van der Waals surface area contributed by atoms with Gasteiger partial charge in [0.25, 0.3) is 0 Å². The van der Waals surface area contributed by atoms with Crippen LogP contribution in [0.5, 0.6) is 0 Å². The fourth-order valence-electron chi connectivity index (χ4n) is 19.9. The molecule has 30 atom stereocenters. The molecule has 0 heterocycles. The predicted octanol–water partition coefficient (Wildman–Crippen LogP) is 14.6. The summed E-state index contributed by atoms with van der Waals surface area (Å²) >= 11 is 0. The second-order valence-corrected chi connectivity index (χ2v) is 24.6. The Kier molecular flexibility index (Phi) is 10.8. The minimum Gasteiger partial charge on any atom is -0.0651 e. The fraction of sp³-hybridized carbons (Fsp3) is 1.00. The minimum absolute atomic E-state index is 0.911. The molecular weight excluding hydrogens is 637 g/mol. The van der Waals surface area contributed by atoms with Gasteiger partial charge in [-0.25, -0.2) is 0 Å². The third-order valence-corrected chi connectivity index (χ3v) is 24.2. The number of rotatable bonds is 6. The molecule has 53 heavy (non-hydrogen) atoms. The molecule has 0 aliphatic heterocycles. The maximum atomic E-state index is 2.78. The van der Waals surface area contributed by atoms with Crippen molar-refractivity contribution in [3.8, 4) is 0 Å². The zero-order valence-corrected chi connectivity index (χ0v) is 38.3. The Morgan fingerprint density at radius 1 is 0.245 bits per heavy atom. The van der Waals surface area contributed by atoms with E-state index in [1.807, 2.05) is 0 Å². The van der Waals surface area contributed by atoms with E-state index in [0.29, 0.717) is 0 Å². The predicted molar refractivity (Wildman–Crippen MR) is 228 cm³/mol. The Morgan fingerprint density at radius 3 is 0.849 bits per heavy atom. The topological polar surface area (TPSA) is 0 Å². The van der Waals surface area contributed by atoms with Gasteiger partial charge in [-0.1, -0.05) is 117 Å². The molecule has 0 heteroatoms. The second kappa shape index (κ2) is 14.4. The summed E-state index contributed by atoms with van der Waals surface area (Å²) in [4.78, 5) is 0. The van der Waals surface area contributed by atoms with Crippen molar-refractivity contribution in [1.29, 1.82) is 0 Å². The first kappa shape index (κ1) is 39.8. The van der Waals surface area contributed by atoms with E-state index < -0.39 is 0 Å². The van der Waals surface area contributed by atoms with Crippen molar-refractivity contribution in [1.82, 2.24) is 0 Å². The van der Waals surface area contributed by atoms with E-state index in [2.05, 4.69) is 111 Å². The van der Waals surface area contributed by atoms with E-state index in [9.17, 15) is 0 Å². The van der Waals surface area contributed by atoms with Gasteiger partial charge in [-0.2, -0.15) is 0 Å². The SMILES string of the molecule is CCC1C(C)C(C)C2C(C3CC(C)C(C)C3C)CC(C3CC(C4CC(C5CC(C6CC(C)C(C)C6C)C6C(C)C(C)C(C)C56)C(C)C4C)C(C)C3C)C12. The third-order valence-electron chi connectivity index (χ3n) is 24.2. The van der Waals surface area contributed by atoms with Gasteiger partial charge in [0.1, 0.15) is 0 Å². The molecule has 8 aliphatic carbocycles. The maximum Gasteiger partial charge on any atom is -0.0318 e. The van der Waals surface area contributed by atoms with Crippen LogP contribution in [-0.4, -0.2) is 0 Å². The zero-order valence-electron chi connectivity index (χ0n) is 38.3. The van der Waals surface area contributed by atoms with E-state index in [1.165, 1.54) is 19.3 Å². The molecule has 0 saturated heterocycles. The van der Waals surface area contributed by atoms with Gasteiger partial charge in [0.15, 0.2) is 0 Å². The van der Waals surface area contributed by atoms with Gasteiger partial charge in [0.05, 0.1) is 0 Å². The van der Waals surface area contributed by atoms with E-state index in [-0.39, 0.29) is 0 Å². The summed E-state index contributed by atoms with van der Waals surface area (Å²) < 4.78 is 0. The Labute approximate surface area is 332 Å². The van der Waals surface area contributed by atoms with Gasteiger partial charge in [-0.3, -0.25) is 0 Å². The summed E-state index contributed by atoms with van der Waals surface area (Å²) in [5.74, 6) is 28.7. The summed E-state index contributed by atoms with van der Waals surface area (Å²) in [5.41, 5.74) is 0. The van der Waals surface area contributed by atoms with Crippen LogP contribution in [-0.2, 0) is 0 Å². The maximum absolute atomic E-state index is 2.78. The van der Waals surface area contributed by atoms with Crippen molar-refractivity contribution in [3.63, 3.8) is 0 Å². The molecule has 0 N–H and O–H groups in total. The van der Waals surface area contributed by atoms with Gasteiger partial charge < -0.3 is 0 Å². The first-order valence-electron chi connectivity index (χ1n) is 25.0. The first-order chi connectivity index (χ1) is 25.0. The van der Waals surface area contributed by atoms with Crippen molar-refractivity contribution < 1.29 is 0 Å². The Bertz CT molecular complexity index is 1280. The highest BCUT2D eigenvalue weighted by molar-refractivity contribution is 5.12. The molecule has 0 radical (unpaired) electrons. The molecule has 0 aromatic heterocycles. The fourth-order valence-corrected chi connectivity index (χ4v) is 19.9. The van der Waals surface area contributed by atoms with Gasteiger partial charge in [0.2, 0.25) is 0 Å². The van der Waals surface area contributed by atoms with Crippen LogP contribution >= 0.6 is 0 Å². The minimum atomic E-state index is 0.911. The lowest BCUT2D eigenvalue weighted by Gasteiger charge is -2.34. The molecular formula is C53H92. The van der Waals surface area contributed by atoms with Crippen molar-refractivity contribution in [2.75, 3.05) is 0 Å². The van der Waals surface area contributed by atoms with E-state index in [0.717, 1.165) is 178 Å². The highest BCUT2D eigenvalue weighted by Gasteiger charge is 2.64. The smallest absolute Gasteiger partial charge is 0.0318 e. The lowest BCUT2D eigenvalue weighted by atomic mass is 9.71. The highest BCUT2D eigenvalue weighted by atomic mass is 14.7. The molecule has 0 nitrogen and oxygen atoms in total.